The van der Waals surface area contributed by atoms with Crippen LogP contribution in [-0.2, 0) is 11.3 Å². The molecule has 1 aliphatic heterocycles. The van der Waals surface area contributed by atoms with Crippen LogP contribution in [0.5, 0.6) is 0 Å². The molecule has 0 spiro atoms. The number of benzene rings is 1. The number of rotatable bonds is 5. The van der Waals surface area contributed by atoms with E-state index in [1.54, 1.807) is 4.90 Å². The molecule has 4 heteroatoms. The number of nitrogens with zero attached hydrogens (tertiary/aromatic N) is 1. The van der Waals surface area contributed by atoms with E-state index in [1.165, 1.54) is 11.1 Å². The van der Waals surface area contributed by atoms with Crippen LogP contribution in [0.15, 0.2) is 24.3 Å². The minimum atomic E-state index is 0.0559. The van der Waals surface area contributed by atoms with Crippen molar-refractivity contribution in [1.29, 1.82) is 0 Å². The zero-order chi connectivity index (χ0) is 14.6. The molecule has 1 aromatic rings. The normalized spacial score (nSPS) is 21.9. The highest BCUT2D eigenvalue weighted by Crippen LogP contribution is 2.13. The van der Waals surface area contributed by atoms with E-state index in [0.29, 0.717) is 13.1 Å². The summed E-state index contributed by atoms with van der Waals surface area (Å²) < 4.78 is 0. The minimum Gasteiger partial charge on any atom is -0.340 e. The first-order chi connectivity index (χ1) is 9.48. The summed E-state index contributed by atoms with van der Waals surface area (Å²) in [7, 11) is 1.86. The lowest BCUT2D eigenvalue weighted by Gasteiger charge is -2.26. The van der Waals surface area contributed by atoms with Gasteiger partial charge in [0.15, 0.2) is 0 Å². The summed E-state index contributed by atoms with van der Waals surface area (Å²) in [4.78, 5) is 13.9. The maximum absolute atomic E-state index is 12.2. The molecule has 0 saturated carbocycles. The van der Waals surface area contributed by atoms with Gasteiger partial charge in [0.1, 0.15) is 0 Å². The number of carbonyl (C=O) groups is 1. The second-order valence-corrected chi connectivity index (χ2v) is 6.08. The molecule has 1 amide bonds. The summed E-state index contributed by atoms with van der Waals surface area (Å²) >= 11 is 0. The molecule has 1 unspecified atom stereocenters. The topological polar surface area (TPSA) is 44.4 Å². The van der Waals surface area contributed by atoms with Crippen molar-refractivity contribution in [3.63, 3.8) is 0 Å². The van der Waals surface area contributed by atoms with Gasteiger partial charge in [-0.3, -0.25) is 4.79 Å². The van der Waals surface area contributed by atoms with Gasteiger partial charge in [-0.05, 0) is 32.4 Å². The van der Waals surface area contributed by atoms with Crippen LogP contribution in [0.2, 0.25) is 0 Å². The van der Waals surface area contributed by atoms with Gasteiger partial charge in [-0.1, -0.05) is 29.8 Å². The number of hydrogen-bond acceptors (Lipinski definition) is 3. The Hall–Kier alpha value is -1.39. The first-order valence-corrected chi connectivity index (χ1v) is 7.24. The molecule has 1 aromatic carbocycles. The van der Waals surface area contributed by atoms with E-state index < -0.39 is 0 Å². The molecule has 1 aliphatic rings. The van der Waals surface area contributed by atoms with Crippen molar-refractivity contribution in [2.24, 2.45) is 0 Å². The molecule has 2 N–H and O–H groups in total. The van der Waals surface area contributed by atoms with Crippen LogP contribution in [0.25, 0.3) is 0 Å². The summed E-state index contributed by atoms with van der Waals surface area (Å²) in [6.07, 6.45) is 1.07. The van der Waals surface area contributed by atoms with Crippen molar-refractivity contribution in [3.05, 3.63) is 35.4 Å². The highest BCUT2D eigenvalue weighted by molar-refractivity contribution is 5.78. The molecule has 0 radical (unpaired) electrons. The Labute approximate surface area is 121 Å². The quantitative estimate of drug-likeness (QED) is 0.851. The molecule has 20 heavy (non-hydrogen) atoms. The van der Waals surface area contributed by atoms with Crippen molar-refractivity contribution in [3.8, 4) is 0 Å². The predicted octanol–water partition coefficient (Wildman–Crippen LogP) is 1.30. The second kappa shape index (κ2) is 6.37. The number of amides is 1. The molecule has 2 rings (SSSR count). The van der Waals surface area contributed by atoms with E-state index in [1.807, 2.05) is 7.05 Å². The lowest BCUT2D eigenvalue weighted by atomic mass is 10.0. The number of nitrogens with one attached hydrogen (secondary N) is 2. The summed E-state index contributed by atoms with van der Waals surface area (Å²) in [5.74, 6) is 0.138. The fourth-order valence-electron chi connectivity index (χ4n) is 2.45. The van der Waals surface area contributed by atoms with E-state index in [-0.39, 0.29) is 11.4 Å². The average Bonchev–Trinajstić information content (AvgIpc) is 2.86. The van der Waals surface area contributed by atoms with Crippen LogP contribution in [0.1, 0.15) is 24.5 Å². The Morgan fingerprint density at radius 1 is 1.40 bits per heavy atom. The molecule has 4 nitrogen and oxygen atoms in total. The number of carbonyl (C=O) groups excluding carboxylic acids is 1. The first kappa shape index (κ1) is 15.0. The smallest absolute Gasteiger partial charge is 0.236 e. The van der Waals surface area contributed by atoms with Crippen LogP contribution in [0.4, 0.5) is 0 Å². The monoisotopic (exact) mass is 275 g/mol. The summed E-state index contributed by atoms with van der Waals surface area (Å²) in [5.41, 5.74) is 2.46. The van der Waals surface area contributed by atoms with Gasteiger partial charge in [-0.25, -0.2) is 0 Å². The Kier molecular flexibility index (Phi) is 4.78. The van der Waals surface area contributed by atoms with Gasteiger partial charge in [0.05, 0.1) is 6.54 Å². The molecule has 110 valence electrons. The molecule has 1 fully saturated rings. The Morgan fingerprint density at radius 3 is 2.70 bits per heavy atom. The van der Waals surface area contributed by atoms with Crippen LogP contribution >= 0.6 is 0 Å². The van der Waals surface area contributed by atoms with E-state index in [4.69, 9.17) is 0 Å². The van der Waals surface area contributed by atoms with Gasteiger partial charge in [0, 0.05) is 25.7 Å². The van der Waals surface area contributed by atoms with Crippen LogP contribution in [0.3, 0.4) is 0 Å². The van der Waals surface area contributed by atoms with E-state index in [9.17, 15) is 4.79 Å². The predicted molar refractivity (Wildman–Crippen MR) is 81.5 cm³/mol. The van der Waals surface area contributed by atoms with Crippen LogP contribution < -0.4 is 10.6 Å². The number of hydrogen-bond donors (Lipinski definition) is 2. The van der Waals surface area contributed by atoms with Gasteiger partial charge in [0.25, 0.3) is 0 Å². The van der Waals surface area contributed by atoms with Gasteiger partial charge < -0.3 is 15.5 Å². The largest absolute Gasteiger partial charge is 0.340 e. The third-order valence-electron chi connectivity index (χ3n) is 4.00. The zero-order valence-electron chi connectivity index (χ0n) is 12.7. The van der Waals surface area contributed by atoms with Crippen LogP contribution in [-0.4, -0.2) is 43.0 Å². The molecule has 1 atom stereocenters. The molecule has 0 aliphatic carbocycles. The third kappa shape index (κ3) is 4.05. The van der Waals surface area contributed by atoms with E-state index >= 15 is 0 Å². The third-order valence-corrected chi connectivity index (χ3v) is 4.00. The van der Waals surface area contributed by atoms with Crippen molar-refractivity contribution < 1.29 is 4.79 Å². The average molecular weight is 275 g/mol. The fourth-order valence-corrected chi connectivity index (χ4v) is 2.45. The highest BCUT2D eigenvalue weighted by Gasteiger charge is 2.28. The highest BCUT2D eigenvalue weighted by atomic mass is 16.2. The van der Waals surface area contributed by atoms with E-state index in [2.05, 4.69) is 48.7 Å². The summed E-state index contributed by atoms with van der Waals surface area (Å²) in [5, 5.41) is 6.70. The van der Waals surface area contributed by atoms with Gasteiger partial charge in [-0.15, -0.1) is 0 Å². The molecule has 1 heterocycles. The maximum Gasteiger partial charge on any atom is 0.236 e. The van der Waals surface area contributed by atoms with Crippen molar-refractivity contribution >= 4 is 5.91 Å². The second-order valence-electron chi connectivity index (χ2n) is 6.08. The molecule has 0 bridgehead atoms. The van der Waals surface area contributed by atoms with Crippen molar-refractivity contribution in [2.75, 3.05) is 26.7 Å². The van der Waals surface area contributed by atoms with Crippen molar-refractivity contribution in [2.45, 2.75) is 32.4 Å². The van der Waals surface area contributed by atoms with Gasteiger partial charge in [0.2, 0.25) is 5.91 Å². The van der Waals surface area contributed by atoms with Crippen molar-refractivity contribution in [1.82, 2.24) is 15.5 Å². The molecular formula is C16H25N3O. The Morgan fingerprint density at radius 2 is 2.10 bits per heavy atom. The minimum absolute atomic E-state index is 0.0559. The molecular weight excluding hydrogens is 250 g/mol. The van der Waals surface area contributed by atoms with E-state index in [0.717, 1.165) is 19.5 Å². The lowest BCUT2D eigenvalue weighted by Crippen LogP contribution is -2.48. The SMILES string of the molecule is Cc1ccc(CN(C)C(=O)CNC2(C)CCNC2)cc1. The Bertz CT molecular complexity index is 449. The standard InChI is InChI=1S/C16H25N3O/c1-13-4-6-14(7-5-13)11-19(3)15(20)10-18-16(2)8-9-17-12-16/h4-7,17-18H,8-12H2,1-3H3. The van der Waals surface area contributed by atoms with Crippen LogP contribution in [0, 0.1) is 6.92 Å². The first-order valence-electron chi connectivity index (χ1n) is 7.24. The molecule has 0 aromatic heterocycles. The summed E-state index contributed by atoms with van der Waals surface area (Å²) in [6, 6.07) is 8.32. The lowest BCUT2D eigenvalue weighted by molar-refractivity contribution is -0.129. The molecule has 1 saturated heterocycles. The number of aryl methyl sites for hydroxylation is 1. The summed E-state index contributed by atoms with van der Waals surface area (Å²) in [6.45, 7) is 7.26. The fraction of sp³-hybridized carbons (Fsp3) is 0.562. The maximum atomic E-state index is 12.2. The van der Waals surface area contributed by atoms with Gasteiger partial charge >= 0.3 is 0 Å². The van der Waals surface area contributed by atoms with Gasteiger partial charge in [-0.2, -0.15) is 0 Å². The Balaban J connectivity index is 1.81. The zero-order valence-corrected chi connectivity index (χ0v) is 12.7. The number of likely N-dealkylation sites (N-methyl/N-ethyl adjacent to an activating group) is 1.